The van der Waals surface area contributed by atoms with E-state index in [-0.39, 0.29) is 0 Å². The lowest BCUT2D eigenvalue weighted by atomic mass is 10.1. The van der Waals surface area contributed by atoms with Crippen LogP contribution in [0.2, 0.25) is 5.02 Å². The first-order chi connectivity index (χ1) is 12.6. The Balaban J connectivity index is 2.30. The molecule has 0 saturated heterocycles. The third-order valence-corrected chi connectivity index (χ3v) is 6.25. The molecule has 2 aromatic carbocycles. The summed E-state index contributed by atoms with van der Waals surface area (Å²) in [6.45, 7) is 2.11. The van der Waals surface area contributed by atoms with Crippen LogP contribution in [0.25, 0.3) is 11.1 Å². The molecule has 0 radical (unpaired) electrons. The van der Waals surface area contributed by atoms with Crippen molar-refractivity contribution in [3.8, 4) is 11.1 Å². The van der Waals surface area contributed by atoms with Crippen molar-refractivity contribution < 1.29 is 14.2 Å². The summed E-state index contributed by atoms with van der Waals surface area (Å²) in [6.07, 6.45) is 4.39. The first-order valence-electron chi connectivity index (χ1n) is 8.78. The lowest BCUT2D eigenvalue weighted by Crippen LogP contribution is -2.35. The van der Waals surface area contributed by atoms with E-state index in [0.29, 0.717) is 16.3 Å². The molecule has 0 aliphatic heterocycles. The van der Waals surface area contributed by atoms with Gasteiger partial charge in [-0.25, -0.2) is 5.48 Å². The first kappa shape index (κ1) is 20.6. The number of nitrogens with one attached hydrogen (secondary N) is 1. The standard InChI is InChI=1S/C20H24ClNO3S/c1-2-3-4-5-10-19(20(23)22-24)26(25)18-9-7-6-8-17(18)15-11-13-16(21)14-12-15/h6-9,11-14,19,24H,2-5,10H2,1H3,(H,22,23). The van der Waals surface area contributed by atoms with Crippen LogP contribution in [-0.2, 0) is 15.6 Å². The maximum atomic E-state index is 13.2. The number of hydroxylamine groups is 1. The molecule has 2 N–H and O–H groups in total. The average molecular weight is 394 g/mol. The van der Waals surface area contributed by atoms with Crippen LogP contribution >= 0.6 is 11.6 Å². The van der Waals surface area contributed by atoms with Crippen molar-refractivity contribution in [2.45, 2.75) is 49.2 Å². The molecule has 0 spiro atoms. The molecule has 2 atom stereocenters. The highest BCUT2D eigenvalue weighted by atomic mass is 35.5. The molecule has 2 aromatic rings. The van der Waals surface area contributed by atoms with Crippen molar-refractivity contribution in [1.29, 1.82) is 0 Å². The van der Waals surface area contributed by atoms with Crippen molar-refractivity contribution >= 4 is 28.3 Å². The van der Waals surface area contributed by atoms with Crippen molar-refractivity contribution in [3.63, 3.8) is 0 Å². The van der Waals surface area contributed by atoms with E-state index >= 15 is 0 Å². The van der Waals surface area contributed by atoms with E-state index in [1.165, 1.54) is 0 Å². The molecular formula is C20H24ClNO3S. The minimum absolute atomic E-state index is 0.466. The second kappa shape index (κ2) is 10.5. The molecule has 0 aromatic heterocycles. The molecule has 0 aliphatic rings. The van der Waals surface area contributed by atoms with Gasteiger partial charge < -0.3 is 0 Å². The van der Waals surface area contributed by atoms with E-state index < -0.39 is 22.0 Å². The minimum Gasteiger partial charge on any atom is -0.289 e. The molecule has 140 valence electrons. The summed E-state index contributed by atoms with van der Waals surface area (Å²) in [7, 11) is -1.58. The Labute approximate surface area is 162 Å². The quantitative estimate of drug-likeness (QED) is 0.359. The predicted molar refractivity (Wildman–Crippen MR) is 106 cm³/mol. The van der Waals surface area contributed by atoms with Gasteiger partial charge in [0.05, 0.1) is 10.8 Å². The van der Waals surface area contributed by atoms with Crippen LogP contribution in [-0.4, -0.2) is 20.6 Å². The van der Waals surface area contributed by atoms with E-state index in [9.17, 15) is 9.00 Å². The lowest BCUT2D eigenvalue weighted by molar-refractivity contribution is -0.128. The molecule has 0 aliphatic carbocycles. The Morgan fingerprint density at radius 3 is 2.46 bits per heavy atom. The lowest BCUT2D eigenvalue weighted by Gasteiger charge is -2.17. The smallest absolute Gasteiger partial charge is 0.259 e. The number of unbranched alkanes of at least 4 members (excludes halogenated alkanes) is 3. The Hall–Kier alpha value is -1.69. The van der Waals surface area contributed by atoms with Crippen molar-refractivity contribution in [2.75, 3.05) is 0 Å². The van der Waals surface area contributed by atoms with E-state index in [1.807, 2.05) is 24.3 Å². The molecule has 0 saturated carbocycles. The van der Waals surface area contributed by atoms with Crippen LogP contribution in [0.1, 0.15) is 39.0 Å². The molecule has 2 rings (SSSR count). The van der Waals surface area contributed by atoms with Crippen LogP contribution in [0.3, 0.4) is 0 Å². The number of rotatable bonds is 9. The normalized spacial score (nSPS) is 13.2. The van der Waals surface area contributed by atoms with E-state index in [0.717, 1.165) is 36.8 Å². The zero-order valence-electron chi connectivity index (χ0n) is 14.8. The Bertz CT molecular complexity index is 749. The monoisotopic (exact) mass is 393 g/mol. The molecule has 6 heteroatoms. The molecular weight excluding hydrogens is 370 g/mol. The fourth-order valence-electron chi connectivity index (χ4n) is 2.83. The Morgan fingerprint density at radius 2 is 1.81 bits per heavy atom. The third kappa shape index (κ3) is 5.40. The van der Waals surface area contributed by atoms with Crippen LogP contribution in [0.5, 0.6) is 0 Å². The third-order valence-electron chi connectivity index (χ3n) is 4.24. The van der Waals surface area contributed by atoms with Gasteiger partial charge in [0.25, 0.3) is 5.91 Å². The van der Waals surface area contributed by atoms with Gasteiger partial charge in [-0.2, -0.15) is 0 Å². The minimum atomic E-state index is -1.58. The first-order valence-corrected chi connectivity index (χ1v) is 10.4. The molecule has 26 heavy (non-hydrogen) atoms. The summed E-state index contributed by atoms with van der Waals surface area (Å²) >= 11 is 5.95. The summed E-state index contributed by atoms with van der Waals surface area (Å²) in [5.41, 5.74) is 3.35. The zero-order chi connectivity index (χ0) is 18.9. The van der Waals surface area contributed by atoms with Crippen LogP contribution in [0.15, 0.2) is 53.4 Å². The SMILES string of the molecule is CCCCCCC(C(=O)NO)S(=O)c1ccccc1-c1ccc(Cl)cc1. The summed E-state index contributed by atoms with van der Waals surface area (Å²) in [5.74, 6) is -0.606. The summed E-state index contributed by atoms with van der Waals surface area (Å²) in [6, 6.07) is 14.6. The van der Waals surface area contributed by atoms with Gasteiger partial charge in [-0.1, -0.05) is 74.5 Å². The molecule has 2 unspecified atom stereocenters. The average Bonchev–Trinajstić information content (AvgIpc) is 2.67. The van der Waals surface area contributed by atoms with E-state index in [2.05, 4.69) is 6.92 Å². The van der Waals surface area contributed by atoms with Crippen LogP contribution in [0, 0.1) is 0 Å². The number of benzene rings is 2. The molecule has 4 nitrogen and oxygen atoms in total. The van der Waals surface area contributed by atoms with Gasteiger partial charge in [-0.05, 0) is 35.7 Å². The van der Waals surface area contributed by atoms with Crippen molar-refractivity contribution in [3.05, 3.63) is 53.6 Å². The summed E-state index contributed by atoms with van der Waals surface area (Å²) < 4.78 is 13.2. The van der Waals surface area contributed by atoms with E-state index in [4.69, 9.17) is 16.8 Å². The van der Waals surface area contributed by atoms with Gasteiger partial charge in [-0.15, -0.1) is 0 Å². The highest BCUT2D eigenvalue weighted by molar-refractivity contribution is 7.86. The fraction of sp³-hybridized carbons (Fsp3) is 0.350. The Kier molecular flexibility index (Phi) is 8.29. The van der Waals surface area contributed by atoms with Gasteiger partial charge in [-0.3, -0.25) is 14.2 Å². The zero-order valence-corrected chi connectivity index (χ0v) is 16.4. The Morgan fingerprint density at radius 1 is 1.12 bits per heavy atom. The number of hydrogen-bond acceptors (Lipinski definition) is 3. The number of halogens is 1. The second-order valence-electron chi connectivity index (χ2n) is 6.11. The van der Waals surface area contributed by atoms with Crippen LogP contribution in [0.4, 0.5) is 0 Å². The van der Waals surface area contributed by atoms with Gasteiger partial charge in [0.1, 0.15) is 5.25 Å². The largest absolute Gasteiger partial charge is 0.289 e. The fourth-order valence-corrected chi connectivity index (χ4v) is 4.50. The van der Waals surface area contributed by atoms with Gasteiger partial charge in [0.15, 0.2) is 0 Å². The second-order valence-corrected chi connectivity index (χ2v) is 8.15. The van der Waals surface area contributed by atoms with E-state index in [1.54, 1.807) is 29.7 Å². The highest BCUT2D eigenvalue weighted by Crippen LogP contribution is 2.29. The number of carbonyl (C=O) groups is 1. The predicted octanol–water partition coefficient (Wildman–Crippen LogP) is 4.96. The van der Waals surface area contributed by atoms with Gasteiger partial charge >= 0.3 is 0 Å². The number of hydrogen-bond donors (Lipinski definition) is 2. The molecule has 0 heterocycles. The maximum absolute atomic E-state index is 13.2. The summed E-state index contributed by atoms with van der Waals surface area (Å²) in [5, 5.41) is 8.91. The van der Waals surface area contributed by atoms with Crippen LogP contribution < -0.4 is 5.48 Å². The molecule has 0 fully saturated rings. The van der Waals surface area contributed by atoms with Crippen molar-refractivity contribution in [1.82, 2.24) is 5.48 Å². The number of amides is 1. The maximum Gasteiger partial charge on any atom is 0.259 e. The van der Waals surface area contributed by atoms with Gasteiger partial charge in [0.2, 0.25) is 0 Å². The topological polar surface area (TPSA) is 66.4 Å². The molecule has 0 bridgehead atoms. The number of carbonyl (C=O) groups excluding carboxylic acids is 1. The highest BCUT2D eigenvalue weighted by Gasteiger charge is 2.27. The van der Waals surface area contributed by atoms with Gasteiger partial charge in [0, 0.05) is 9.92 Å². The van der Waals surface area contributed by atoms with Crippen molar-refractivity contribution in [2.24, 2.45) is 0 Å². The summed E-state index contributed by atoms with van der Waals surface area (Å²) in [4.78, 5) is 12.7. The molecule has 1 amide bonds.